The Hall–Kier alpha value is -3.42. The molecule has 1 aromatic heterocycles. The van der Waals surface area contributed by atoms with Gasteiger partial charge in [0, 0.05) is 30.1 Å². The summed E-state index contributed by atoms with van der Waals surface area (Å²) in [7, 11) is 1.66. The number of nitrogens with two attached hydrogens (primary N) is 1. The molecule has 3 unspecified atom stereocenters. The minimum absolute atomic E-state index is 0.0326. The molecule has 1 saturated heterocycles. The lowest BCUT2D eigenvalue weighted by atomic mass is 9.99. The van der Waals surface area contributed by atoms with E-state index < -0.39 is 23.5 Å². The van der Waals surface area contributed by atoms with Crippen molar-refractivity contribution in [2.45, 2.75) is 18.1 Å². The quantitative estimate of drug-likeness (QED) is 0.552. The van der Waals surface area contributed by atoms with Crippen LogP contribution in [0.2, 0.25) is 0 Å². The Balaban J connectivity index is 1.65. The Labute approximate surface area is 169 Å². The van der Waals surface area contributed by atoms with Crippen molar-refractivity contribution >= 4 is 34.2 Å². The minimum atomic E-state index is -1.67. The third-order valence-electron chi connectivity index (χ3n) is 5.03. The highest BCUT2D eigenvalue weighted by atomic mass is 32.1. The van der Waals surface area contributed by atoms with E-state index in [9.17, 15) is 19.5 Å². The van der Waals surface area contributed by atoms with Crippen LogP contribution in [0.3, 0.4) is 0 Å². The van der Waals surface area contributed by atoms with Crippen LogP contribution < -0.4 is 11.1 Å². The number of benzene rings is 1. The molecule has 0 radical (unpaired) electrons. The molecule has 1 aliphatic heterocycles. The van der Waals surface area contributed by atoms with E-state index in [0.717, 1.165) is 17.8 Å². The van der Waals surface area contributed by atoms with Gasteiger partial charge in [-0.15, -0.1) is 0 Å². The number of carbonyl (C=O) groups excluding carboxylic acids is 2. The van der Waals surface area contributed by atoms with Crippen molar-refractivity contribution in [2.75, 3.05) is 12.4 Å². The summed E-state index contributed by atoms with van der Waals surface area (Å²) >= 11 is 0.966. The van der Waals surface area contributed by atoms with Crippen LogP contribution in [0.15, 0.2) is 24.3 Å². The van der Waals surface area contributed by atoms with Gasteiger partial charge in [0.05, 0.1) is 0 Å². The van der Waals surface area contributed by atoms with Crippen LogP contribution in [0.1, 0.15) is 22.5 Å². The van der Waals surface area contributed by atoms with Gasteiger partial charge in [-0.2, -0.15) is 0 Å². The van der Waals surface area contributed by atoms with Gasteiger partial charge in [0.2, 0.25) is 5.60 Å². The number of carbonyl (C=O) groups is 3. The van der Waals surface area contributed by atoms with Crippen LogP contribution in [0, 0.1) is 17.8 Å². The second kappa shape index (κ2) is 6.58. The largest absolute Gasteiger partial charge is 0.465 e. The molecule has 1 saturated carbocycles. The van der Waals surface area contributed by atoms with Crippen LogP contribution in [-0.2, 0) is 4.79 Å². The summed E-state index contributed by atoms with van der Waals surface area (Å²) in [6.45, 7) is 0. The second-order valence-corrected chi connectivity index (χ2v) is 7.91. The number of fused-ring (bicyclic) bond motifs is 1. The summed E-state index contributed by atoms with van der Waals surface area (Å²) in [5.41, 5.74) is 4.56. The molecule has 3 atom stereocenters. The standard InChI is InChI=1S/C19H16N4O5S/c1-23-12-8-11(12)19(28,17(23)25)6-5-9-3-2-4-10(7-9)15-21-13(14(20)24)16(29-15)22-18(26)27/h2-4,7,11-12,22,28H,8H2,1H3,(H2,20,24)(H,26,27). The Morgan fingerprint density at radius 2 is 2.21 bits per heavy atom. The summed E-state index contributed by atoms with van der Waals surface area (Å²) in [5, 5.41) is 22.1. The van der Waals surface area contributed by atoms with Crippen molar-refractivity contribution < 1.29 is 24.6 Å². The summed E-state index contributed by atoms with van der Waals surface area (Å²) < 4.78 is 0. The first-order valence-electron chi connectivity index (χ1n) is 8.64. The zero-order valence-electron chi connectivity index (χ0n) is 15.2. The molecular weight excluding hydrogens is 396 g/mol. The monoisotopic (exact) mass is 412 g/mol. The van der Waals surface area contributed by atoms with Gasteiger partial charge in [-0.1, -0.05) is 35.3 Å². The molecule has 3 amide bonds. The fourth-order valence-electron chi connectivity index (χ4n) is 3.47. The molecule has 0 spiro atoms. The molecule has 0 bridgehead atoms. The lowest BCUT2D eigenvalue weighted by molar-refractivity contribution is -0.140. The molecule has 9 nitrogen and oxygen atoms in total. The Kier molecular flexibility index (Phi) is 4.29. The molecule has 1 aliphatic carbocycles. The van der Waals surface area contributed by atoms with Gasteiger partial charge in [0.25, 0.3) is 11.8 Å². The Morgan fingerprint density at radius 1 is 1.45 bits per heavy atom. The number of anilines is 1. The number of hydrogen-bond donors (Lipinski definition) is 4. The minimum Gasteiger partial charge on any atom is -0.465 e. The molecule has 10 heteroatoms. The third-order valence-corrected chi connectivity index (χ3v) is 6.05. The summed E-state index contributed by atoms with van der Waals surface area (Å²) in [6, 6.07) is 6.88. The van der Waals surface area contributed by atoms with Crippen molar-refractivity contribution in [2.24, 2.45) is 11.7 Å². The van der Waals surface area contributed by atoms with Gasteiger partial charge in [0.1, 0.15) is 10.0 Å². The predicted octanol–water partition coefficient (Wildman–Crippen LogP) is 0.942. The van der Waals surface area contributed by atoms with E-state index in [1.165, 1.54) is 4.90 Å². The normalized spacial score (nSPS) is 24.5. The van der Waals surface area contributed by atoms with Gasteiger partial charge in [0.15, 0.2) is 5.69 Å². The van der Waals surface area contributed by atoms with E-state index in [2.05, 4.69) is 22.1 Å². The summed E-state index contributed by atoms with van der Waals surface area (Å²) in [6.07, 6.45) is -0.595. The SMILES string of the molecule is CN1C(=O)C(O)(C#Cc2cccc(-c3nc(C(N)=O)c(NC(=O)O)s3)c2)C2CC21. The van der Waals surface area contributed by atoms with Gasteiger partial charge < -0.3 is 20.8 Å². The highest BCUT2D eigenvalue weighted by Gasteiger charge is 2.66. The van der Waals surface area contributed by atoms with E-state index in [4.69, 9.17) is 10.8 Å². The first-order chi connectivity index (χ1) is 13.7. The van der Waals surface area contributed by atoms with Crippen LogP contribution in [0.5, 0.6) is 0 Å². The zero-order valence-corrected chi connectivity index (χ0v) is 16.0. The Bertz CT molecular complexity index is 1120. The molecule has 1 aromatic carbocycles. The zero-order chi connectivity index (χ0) is 20.9. The maximum atomic E-state index is 12.2. The van der Waals surface area contributed by atoms with E-state index in [1.54, 1.807) is 31.3 Å². The number of nitrogens with one attached hydrogen (secondary N) is 1. The van der Waals surface area contributed by atoms with Gasteiger partial charge in [-0.05, 0) is 18.6 Å². The number of rotatable bonds is 3. The van der Waals surface area contributed by atoms with Crippen LogP contribution in [0.4, 0.5) is 9.80 Å². The smallest absolute Gasteiger partial charge is 0.409 e. The first kappa shape index (κ1) is 18.9. The average molecular weight is 412 g/mol. The van der Waals surface area contributed by atoms with Gasteiger partial charge in [-0.25, -0.2) is 9.78 Å². The third kappa shape index (κ3) is 3.20. The number of likely N-dealkylation sites (N-methyl/N-ethyl adjacent to an activating group) is 1. The highest BCUT2D eigenvalue weighted by Crippen LogP contribution is 2.50. The van der Waals surface area contributed by atoms with E-state index in [-0.39, 0.29) is 22.7 Å². The van der Waals surface area contributed by atoms with E-state index >= 15 is 0 Å². The lowest BCUT2D eigenvalue weighted by Crippen LogP contribution is -2.41. The maximum absolute atomic E-state index is 12.2. The Morgan fingerprint density at radius 3 is 2.83 bits per heavy atom. The first-order valence-corrected chi connectivity index (χ1v) is 9.46. The number of hydrogen-bond acceptors (Lipinski definition) is 6. The number of primary amides is 1. The lowest BCUT2D eigenvalue weighted by Gasteiger charge is -2.18. The number of nitrogens with zero attached hydrogens (tertiary/aromatic N) is 2. The summed E-state index contributed by atoms with van der Waals surface area (Å²) in [5.74, 6) is 4.16. The molecule has 2 aliphatic rings. The predicted molar refractivity (Wildman–Crippen MR) is 104 cm³/mol. The molecule has 29 heavy (non-hydrogen) atoms. The second-order valence-electron chi connectivity index (χ2n) is 6.91. The van der Waals surface area contributed by atoms with Crippen LogP contribution >= 0.6 is 11.3 Å². The number of amides is 3. The van der Waals surface area contributed by atoms with Crippen LogP contribution in [-0.4, -0.2) is 56.7 Å². The molecular formula is C19H16N4O5S. The van der Waals surface area contributed by atoms with E-state index in [1.807, 2.05) is 0 Å². The maximum Gasteiger partial charge on any atom is 0.409 e. The molecule has 2 aromatic rings. The van der Waals surface area contributed by atoms with Crippen molar-refractivity contribution in [3.63, 3.8) is 0 Å². The number of aromatic nitrogens is 1. The number of likely N-dealkylation sites (tertiary alicyclic amines) is 1. The van der Waals surface area contributed by atoms with Crippen molar-refractivity contribution in [1.29, 1.82) is 0 Å². The average Bonchev–Trinajstić information content (AvgIpc) is 3.34. The molecule has 2 heterocycles. The molecule has 5 N–H and O–H groups in total. The number of piperidine rings is 1. The molecule has 148 valence electrons. The number of carboxylic acid groups (broad SMARTS) is 1. The number of aliphatic hydroxyl groups is 1. The molecule has 2 fully saturated rings. The van der Waals surface area contributed by atoms with Gasteiger partial charge >= 0.3 is 6.09 Å². The fourth-order valence-corrected chi connectivity index (χ4v) is 4.43. The van der Waals surface area contributed by atoms with Crippen molar-refractivity contribution in [1.82, 2.24) is 9.88 Å². The van der Waals surface area contributed by atoms with Crippen molar-refractivity contribution in [3.05, 3.63) is 35.5 Å². The number of thiazole rings is 1. The van der Waals surface area contributed by atoms with E-state index in [0.29, 0.717) is 16.1 Å². The highest BCUT2D eigenvalue weighted by molar-refractivity contribution is 7.19. The van der Waals surface area contributed by atoms with Crippen molar-refractivity contribution in [3.8, 4) is 22.4 Å². The summed E-state index contributed by atoms with van der Waals surface area (Å²) in [4.78, 5) is 40.3. The van der Waals surface area contributed by atoms with Crippen LogP contribution in [0.25, 0.3) is 10.6 Å². The molecule has 4 rings (SSSR count). The topological polar surface area (TPSA) is 146 Å². The van der Waals surface area contributed by atoms with Gasteiger partial charge in [-0.3, -0.25) is 14.9 Å². The fraction of sp³-hybridized carbons (Fsp3) is 0.263.